The fourth-order valence-electron chi connectivity index (χ4n) is 2.03. The second kappa shape index (κ2) is 5.14. The van der Waals surface area contributed by atoms with Crippen LogP contribution in [0.3, 0.4) is 0 Å². The lowest BCUT2D eigenvalue weighted by Crippen LogP contribution is -2.31. The Labute approximate surface area is 100 Å². The van der Waals surface area contributed by atoms with E-state index in [0.29, 0.717) is 12.6 Å². The van der Waals surface area contributed by atoms with Gasteiger partial charge in [0.15, 0.2) is 0 Å². The highest BCUT2D eigenvalue weighted by molar-refractivity contribution is 5.90. The lowest BCUT2D eigenvalue weighted by molar-refractivity contribution is 0.0689. The van der Waals surface area contributed by atoms with E-state index < -0.39 is 5.97 Å². The van der Waals surface area contributed by atoms with Gasteiger partial charge in [-0.2, -0.15) is 0 Å². The molecule has 0 unspecified atom stereocenters. The average molecular weight is 236 g/mol. The molecule has 5 heteroatoms. The normalized spacial score (nSPS) is 20.4. The van der Waals surface area contributed by atoms with Crippen LogP contribution in [0.5, 0.6) is 5.88 Å². The molecule has 0 spiro atoms. The second-order valence-electron chi connectivity index (χ2n) is 4.25. The van der Waals surface area contributed by atoms with Crippen molar-refractivity contribution in [1.29, 1.82) is 0 Å². The van der Waals surface area contributed by atoms with E-state index in [4.69, 9.17) is 9.84 Å². The number of pyridine rings is 1. The molecule has 0 saturated carbocycles. The van der Waals surface area contributed by atoms with Gasteiger partial charge in [-0.15, -0.1) is 0 Å². The number of rotatable bonds is 4. The van der Waals surface area contributed by atoms with Crippen molar-refractivity contribution in [3.05, 3.63) is 23.9 Å². The molecule has 1 aliphatic rings. The summed E-state index contributed by atoms with van der Waals surface area (Å²) in [6.07, 6.45) is 3.80. The first-order chi connectivity index (χ1) is 8.18. The molecule has 0 aromatic carbocycles. The zero-order valence-corrected chi connectivity index (χ0v) is 9.80. The Balaban J connectivity index is 2.01. The maximum absolute atomic E-state index is 11.0. The third-order valence-electron chi connectivity index (χ3n) is 3.09. The van der Waals surface area contributed by atoms with Gasteiger partial charge in [-0.1, -0.05) is 0 Å². The Morgan fingerprint density at radius 1 is 1.71 bits per heavy atom. The van der Waals surface area contributed by atoms with E-state index in [2.05, 4.69) is 16.9 Å². The van der Waals surface area contributed by atoms with Crippen LogP contribution in [-0.2, 0) is 0 Å². The summed E-state index contributed by atoms with van der Waals surface area (Å²) in [5, 5.41) is 8.98. The minimum atomic E-state index is -1.01. The lowest BCUT2D eigenvalue weighted by atomic mass is 10.2. The predicted octanol–water partition coefficient (Wildman–Crippen LogP) is 1.25. The summed E-state index contributed by atoms with van der Waals surface area (Å²) < 4.78 is 5.52. The lowest BCUT2D eigenvalue weighted by Gasteiger charge is -2.19. The van der Waals surface area contributed by atoms with Crippen LogP contribution in [-0.4, -0.2) is 47.2 Å². The Hall–Kier alpha value is -1.62. The van der Waals surface area contributed by atoms with Gasteiger partial charge in [0, 0.05) is 12.2 Å². The SMILES string of the molecule is CN1CCC[C@@H]1COc1ncccc1C(=O)O. The van der Waals surface area contributed by atoms with Crippen LogP contribution in [0.15, 0.2) is 18.3 Å². The van der Waals surface area contributed by atoms with Gasteiger partial charge in [0.05, 0.1) is 0 Å². The third-order valence-corrected chi connectivity index (χ3v) is 3.09. The van der Waals surface area contributed by atoms with Crippen LogP contribution < -0.4 is 4.74 Å². The van der Waals surface area contributed by atoms with Gasteiger partial charge in [0.2, 0.25) is 5.88 Å². The smallest absolute Gasteiger partial charge is 0.341 e. The molecule has 1 aliphatic heterocycles. The molecule has 17 heavy (non-hydrogen) atoms. The number of likely N-dealkylation sites (N-methyl/N-ethyl adjacent to an activating group) is 1. The van der Waals surface area contributed by atoms with E-state index >= 15 is 0 Å². The van der Waals surface area contributed by atoms with Gasteiger partial charge in [-0.25, -0.2) is 9.78 Å². The first-order valence-corrected chi connectivity index (χ1v) is 5.70. The Kier molecular flexibility index (Phi) is 3.58. The van der Waals surface area contributed by atoms with Crippen LogP contribution >= 0.6 is 0 Å². The maximum atomic E-state index is 11.0. The zero-order valence-electron chi connectivity index (χ0n) is 9.80. The molecule has 0 bridgehead atoms. The van der Waals surface area contributed by atoms with Gasteiger partial charge in [-0.3, -0.25) is 0 Å². The highest BCUT2D eigenvalue weighted by Gasteiger charge is 2.22. The number of likely N-dealkylation sites (tertiary alicyclic amines) is 1. The Morgan fingerprint density at radius 2 is 2.53 bits per heavy atom. The van der Waals surface area contributed by atoms with Gasteiger partial charge in [0.25, 0.3) is 0 Å². The van der Waals surface area contributed by atoms with Crippen molar-refractivity contribution in [2.24, 2.45) is 0 Å². The Morgan fingerprint density at radius 3 is 3.18 bits per heavy atom. The van der Waals surface area contributed by atoms with Crippen LogP contribution in [0, 0.1) is 0 Å². The molecular formula is C12H16N2O3. The molecule has 0 radical (unpaired) electrons. The molecule has 0 amide bonds. The van der Waals surface area contributed by atoms with E-state index in [-0.39, 0.29) is 11.4 Å². The highest BCUT2D eigenvalue weighted by atomic mass is 16.5. The van der Waals surface area contributed by atoms with Crippen molar-refractivity contribution in [2.75, 3.05) is 20.2 Å². The molecule has 0 aliphatic carbocycles. The van der Waals surface area contributed by atoms with Crippen molar-refractivity contribution < 1.29 is 14.6 Å². The number of carboxylic acids is 1. The summed E-state index contributed by atoms with van der Waals surface area (Å²) in [7, 11) is 2.05. The molecule has 2 heterocycles. The summed E-state index contributed by atoms with van der Waals surface area (Å²) in [5.74, 6) is -0.798. The van der Waals surface area contributed by atoms with E-state index in [1.807, 2.05) is 0 Å². The van der Waals surface area contributed by atoms with E-state index in [1.54, 1.807) is 12.3 Å². The van der Waals surface area contributed by atoms with Crippen LogP contribution in [0.4, 0.5) is 0 Å². The Bertz CT molecular complexity index is 408. The van der Waals surface area contributed by atoms with E-state index in [1.165, 1.54) is 12.5 Å². The zero-order chi connectivity index (χ0) is 12.3. The third kappa shape index (κ3) is 2.74. The second-order valence-corrected chi connectivity index (χ2v) is 4.25. The molecule has 92 valence electrons. The van der Waals surface area contributed by atoms with Crippen molar-refractivity contribution in [3.63, 3.8) is 0 Å². The number of carboxylic acid groups (broad SMARTS) is 1. The fourth-order valence-corrected chi connectivity index (χ4v) is 2.03. The average Bonchev–Trinajstić information content (AvgIpc) is 2.72. The first-order valence-electron chi connectivity index (χ1n) is 5.70. The highest BCUT2D eigenvalue weighted by Crippen LogP contribution is 2.18. The number of carbonyl (C=O) groups is 1. The summed E-state index contributed by atoms with van der Waals surface area (Å²) in [6.45, 7) is 1.57. The molecule has 1 aromatic rings. The topological polar surface area (TPSA) is 62.7 Å². The summed E-state index contributed by atoms with van der Waals surface area (Å²) >= 11 is 0. The van der Waals surface area contributed by atoms with Crippen molar-refractivity contribution in [1.82, 2.24) is 9.88 Å². The molecule has 1 fully saturated rings. The first kappa shape index (κ1) is 11.9. The summed E-state index contributed by atoms with van der Waals surface area (Å²) in [6, 6.07) is 3.46. The van der Waals surface area contributed by atoms with Gasteiger partial charge < -0.3 is 14.7 Å². The quantitative estimate of drug-likeness (QED) is 0.852. The van der Waals surface area contributed by atoms with Crippen LogP contribution in [0.2, 0.25) is 0 Å². The van der Waals surface area contributed by atoms with Crippen molar-refractivity contribution >= 4 is 5.97 Å². The van der Waals surface area contributed by atoms with Gasteiger partial charge in [-0.05, 0) is 38.6 Å². The number of nitrogens with zero attached hydrogens (tertiary/aromatic N) is 2. The molecular weight excluding hydrogens is 220 g/mol. The van der Waals surface area contributed by atoms with E-state index in [0.717, 1.165) is 13.0 Å². The van der Waals surface area contributed by atoms with Gasteiger partial charge in [0.1, 0.15) is 12.2 Å². The number of ether oxygens (including phenoxy) is 1. The predicted molar refractivity (Wildman–Crippen MR) is 62.3 cm³/mol. The molecule has 1 N–H and O–H groups in total. The largest absolute Gasteiger partial charge is 0.477 e. The van der Waals surface area contributed by atoms with Crippen molar-refractivity contribution in [3.8, 4) is 5.88 Å². The number of hydrogen-bond acceptors (Lipinski definition) is 4. The number of aromatic carboxylic acids is 1. The summed E-state index contributed by atoms with van der Waals surface area (Å²) in [5.41, 5.74) is 0.119. The standard InChI is InChI=1S/C12H16N2O3/c1-14-7-3-4-9(14)8-17-11-10(12(15)16)5-2-6-13-11/h2,5-6,9H,3-4,7-8H2,1H3,(H,15,16)/t9-/m1/s1. The minimum Gasteiger partial charge on any atom is -0.477 e. The summed E-state index contributed by atoms with van der Waals surface area (Å²) in [4.78, 5) is 17.1. The number of hydrogen-bond donors (Lipinski definition) is 1. The molecule has 1 atom stereocenters. The monoisotopic (exact) mass is 236 g/mol. The van der Waals surface area contributed by atoms with Crippen molar-refractivity contribution in [2.45, 2.75) is 18.9 Å². The van der Waals surface area contributed by atoms with Crippen LogP contribution in [0.1, 0.15) is 23.2 Å². The molecule has 5 nitrogen and oxygen atoms in total. The molecule has 2 rings (SSSR count). The molecule has 1 aromatic heterocycles. The van der Waals surface area contributed by atoms with Gasteiger partial charge >= 0.3 is 5.97 Å². The van der Waals surface area contributed by atoms with Crippen LogP contribution in [0.25, 0.3) is 0 Å². The van der Waals surface area contributed by atoms with E-state index in [9.17, 15) is 4.79 Å². The minimum absolute atomic E-state index is 0.119. The molecule has 1 saturated heterocycles. The number of aromatic nitrogens is 1. The fraction of sp³-hybridized carbons (Fsp3) is 0.500. The maximum Gasteiger partial charge on any atom is 0.341 e.